The minimum absolute atomic E-state index is 0.667. The second kappa shape index (κ2) is 4.60. The van der Waals surface area contributed by atoms with Crippen LogP contribution < -0.4 is 4.74 Å². The second-order valence-electron chi connectivity index (χ2n) is 2.66. The van der Waals surface area contributed by atoms with E-state index >= 15 is 0 Å². The van der Waals surface area contributed by atoms with E-state index in [0.717, 1.165) is 5.75 Å². The molecule has 0 heterocycles. The Morgan fingerprint density at radius 3 is 2.75 bits per heavy atom. The standard InChI is InChI=1S/C11H13O/c1-3-10(2)9-12-11-7-5-4-6-8-11/h3,5-8H,9H2,1-2H3/b10-3+. The largest absolute Gasteiger partial charge is 0.489 e. The van der Waals surface area contributed by atoms with Gasteiger partial charge in [-0.15, -0.1) is 0 Å². The summed E-state index contributed by atoms with van der Waals surface area (Å²) in [5.41, 5.74) is 1.24. The first kappa shape index (κ1) is 8.85. The summed E-state index contributed by atoms with van der Waals surface area (Å²) in [7, 11) is 0. The lowest BCUT2D eigenvalue weighted by Crippen LogP contribution is -1.97. The maximum atomic E-state index is 5.47. The lowest BCUT2D eigenvalue weighted by molar-refractivity contribution is 0.352. The molecule has 0 amide bonds. The van der Waals surface area contributed by atoms with Crippen LogP contribution in [0.5, 0.6) is 5.75 Å². The predicted octanol–water partition coefficient (Wildman–Crippen LogP) is 2.83. The van der Waals surface area contributed by atoms with Gasteiger partial charge in [-0.3, -0.25) is 0 Å². The molecule has 1 nitrogen and oxygen atoms in total. The Hall–Kier alpha value is -1.24. The Labute approximate surface area is 73.7 Å². The number of hydrogen-bond donors (Lipinski definition) is 0. The van der Waals surface area contributed by atoms with Crippen molar-refractivity contribution >= 4 is 0 Å². The van der Waals surface area contributed by atoms with E-state index in [0.29, 0.717) is 6.61 Å². The topological polar surface area (TPSA) is 9.23 Å². The van der Waals surface area contributed by atoms with Crippen LogP contribution in [0.4, 0.5) is 0 Å². The van der Waals surface area contributed by atoms with E-state index in [2.05, 4.69) is 19.1 Å². The van der Waals surface area contributed by atoms with E-state index < -0.39 is 0 Å². The van der Waals surface area contributed by atoms with Crippen LogP contribution in [0.1, 0.15) is 13.8 Å². The van der Waals surface area contributed by atoms with Gasteiger partial charge in [-0.1, -0.05) is 18.2 Å². The quantitative estimate of drug-likeness (QED) is 0.619. The average Bonchev–Trinajstić information content (AvgIpc) is 2.16. The zero-order valence-corrected chi connectivity index (χ0v) is 7.50. The van der Waals surface area contributed by atoms with Gasteiger partial charge in [0.2, 0.25) is 0 Å². The maximum Gasteiger partial charge on any atom is 0.119 e. The first-order valence-electron chi connectivity index (χ1n) is 4.03. The van der Waals surface area contributed by atoms with Crippen LogP contribution in [0.3, 0.4) is 0 Å². The molecule has 12 heavy (non-hydrogen) atoms. The zero-order chi connectivity index (χ0) is 8.81. The molecule has 0 saturated heterocycles. The third-order valence-corrected chi connectivity index (χ3v) is 1.65. The molecule has 0 saturated carbocycles. The Morgan fingerprint density at radius 1 is 1.50 bits per heavy atom. The first-order chi connectivity index (χ1) is 5.83. The third kappa shape index (κ3) is 2.79. The van der Waals surface area contributed by atoms with Crippen molar-refractivity contribution in [3.05, 3.63) is 42.0 Å². The molecule has 0 atom stereocenters. The van der Waals surface area contributed by atoms with Crippen LogP contribution in [-0.2, 0) is 0 Å². The van der Waals surface area contributed by atoms with E-state index in [1.807, 2.05) is 31.2 Å². The van der Waals surface area contributed by atoms with E-state index in [-0.39, 0.29) is 0 Å². The Morgan fingerprint density at radius 2 is 2.17 bits per heavy atom. The Kier molecular flexibility index (Phi) is 3.39. The van der Waals surface area contributed by atoms with Crippen LogP contribution in [0.15, 0.2) is 35.9 Å². The first-order valence-corrected chi connectivity index (χ1v) is 4.03. The fourth-order valence-electron chi connectivity index (χ4n) is 0.748. The molecular weight excluding hydrogens is 148 g/mol. The number of ether oxygens (including phenoxy) is 1. The SMILES string of the molecule is C/C=C(\C)COc1cc[c]cc1. The molecule has 0 aromatic heterocycles. The highest BCUT2D eigenvalue weighted by Crippen LogP contribution is 2.08. The van der Waals surface area contributed by atoms with Crippen molar-refractivity contribution in [3.63, 3.8) is 0 Å². The van der Waals surface area contributed by atoms with Crippen LogP contribution in [0.25, 0.3) is 0 Å². The molecule has 0 spiro atoms. The van der Waals surface area contributed by atoms with E-state index in [9.17, 15) is 0 Å². The summed E-state index contributed by atoms with van der Waals surface area (Å²) < 4.78 is 5.47. The molecule has 0 fully saturated rings. The van der Waals surface area contributed by atoms with E-state index in [4.69, 9.17) is 4.74 Å². The molecule has 0 aliphatic heterocycles. The minimum atomic E-state index is 0.667. The van der Waals surface area contributed by atoms with Gasteiger partial charge in [0.15, 0.2) is 0 Å². The van der Waals surface area contributed by atoms with E-state index in [1.165, 1.54) is 5.57 Å². The molecule has 0 unspecified atom stereocenters. The van der Waals surface area contributed by atoms with Crippen molar-refractivity contribution in [2.45, 2.75) is 13.8 Å². The smallest absolute Gasteiger partial charge is 0.119 e. The monoisotopic (exact) mass is 161 g/mol. The lowest BCUT2D eigenvalue weighted by atomic mass is 10.3. The summed E-state index contributed by atoms with van der Waals surface area (Å²) >= 11 is 0. The van der Waals surface area contributed by atoms with Gasteiger partial charge in [0.05, 0.1) is 0 Å². The summed E-state index contributed by atoms with van der Waals surface area (Å²) in [5, 5.41) is 0. The van der Waals surface area contributed by atoms with Crippen molar-refractivity contribution in [1.29, 1.82) is 0 Å². The molecular formula is C11H13O. The summed E-state index contributed by atoms with van der Waals surface area (Å²) in [5.74, 6) is 0.898. The van der Waals surface area contributed by atoms with Crippen LogP contribution in [0.2, 0.25) is 0 Å². The molecule has 63 valence electrons. The number of hydrogen-bond acceptors (Lipinski definition) is 1. The summed E-state index contributed by atoms with van der Waals surface area (Å²) in [6.07, 6.45) is 2.05. The van der Waals surface area contributed by atoms with Gasteiger partial charge in [0, 0.05) is 0 Å². The molecule has 0 N–H and O–H groups in total. The van der Waals surface area contributed by atoms with Gasteiger partial charge in [0.1, 0.15) is 12.4 Å². The van der Waals surface area contributed by atoms with Crippen LogP contribution in [0, 0.1) is 6.07 Å². The van der Waals surface area contributed by atoms with Gasteiger partial charge < -0.3 is 4.74 Å². The zero-order valence-electron chi connectivity index (χ0n) is 7.50. The molecule has 1 heteroatoms. The third-order valence-electron chi connectivity index (χ3n) is 1.65. The molecule has 0 aliphatic rings. The highest BCUT2D eigenvalue weighted by Gasteiger charge is 1.90. The Bertz CT molecular complexity index is 249. The predicted molar refractivity (Wildman–Crippen MR) is 50.2 cm³/mol. The fourth-order valence-corrected chi connectivity index (χ4v) is 0.748. The van der Waals surface area contributed by atoms with Gasteiger partial charge in [-0.05, 0) is 37.6 Å². The van der Waals surface area contributed by atoms with Gasteiger partial charge in [-0.2, -0.15) is 0 Å². The van der Waals surface area contributed by atoms with Crippen LogP contribution >= 0.6 is 0 Å². The maximum absolute atomic E-state index is 5.47. The normalized spacial score (nSPS) is 11.3. The summed E-state index contributed by atoms with van der Waals surface area (Å²) in [6.45, 7) is 4.73. The van der Waals surface area contributed by atoms with Crippen LogP contribution in [-0.4, -0.2) is 6.61 Å². The summed E-state index contributed by atoms with van der Waals surface area (Å²) in [4.78, 5) is 0. The Balaban J connectivity index is 2.44. The number of allylic oxidation sites excluding steroid dienone is 1. The highest BCUT2D eigenvalue weighted by molar-refractivity contribution is 5.20. The molecule has 1 rings (SSSR count). The molecule has 1 aromatic carbocycles. The fraction of sp³-hybridized carbons (Fsp3) is 0.273. The average molecular weight is 161 g/mol. The van der Waals surface area contributed by atoms with Crippen molar-refractivity contribution in [2.75, 3.05) is 6.61 Å². The van der Waals surface area contributed by atoms with E-state index in [1.54, 1.807) is 0 Å². The molecule has 0 aliphatic carbocycles. The minimum Gasteiger partial charge on any atom is -0.489 e. The van der Waals surface area contributed by atoms with Gasteiger partial charge in [0.25, 0.3) is 0 Å². The summed E-state index contributed by atoms with van der Waals surface area (Å²) in [6, 6.07) is 10.4. The van der Waals surface area contributed by atoms with Crippen molar-refractivity contribution < 1.29 is 4.74 Å². The molecule has 1 radical (unpaired) electrons. The molecule has 1 aromatic rings. The van der Waals surface area contributed by atoms with Crippen molar-refractivity contribution in [2.24, 2.45) is 0 Å². The highest BCUT2D eigenvalue weighted by atomic mass is 16.5. The number of benzene rings is 1. The van der Waals surface area contributed by atoms with Crippen molar-refractivity contribution in [1.82, 2.24) is 0 Å². The van der Waals surface area contributed by atoms with Gasteiger partial charge >= 0.3 is 0 Å². The second-order valence-corrected chi connectivity index (χ2v) is 2.66. The van der Waals surface area contributed by atoms with Crippen molar-refractivity contribution in [3.8, 4) is 5.75 Å². The molecule has 0 bridgehead atoms. The number of rotatable bonds is 3. The lowest BCUT2D eigenvalue weighted by Gasteiger charge is -2.04. The van der Waals surface area contributed by atoms with Gasteiger partial charge in [-0.25, -0.2) is 0 Å².